The average Bonchev–Trinajstić information content (AvgIpc) is 3.50. The zero-order valence-electron chi connectivity index (χ0n) is 24.9. The predicted octanol–water partition coefficient (Wildman–Crippen LogP) is 5.37. The molecular formula is C33H41N3O5S. The van der Waals surface area contributed by atoms with Gasteiger partial charge in [-0.3, -0.25) is 13.9 Å². The first-order valence-corrected chi connectivity index (χ1v) is 16.0. The van der Waals surface area contributed by atoms with Crippen LogP contribution in [-0.2, 0) is 26.2 Å². The van der Waals surface area contributed by atoms with Crippen molar-refractivity contribution >= 4 is 27.5 Å². The van der Waals surface area contributed by atoms with Crippen molar-refractivity contribution in [2.45, 2.75) is 76.4 Å². The number of carbonyl (C=O) groups is 2. The van der Waals surface area contributed by atoms with Gasteiger partial charge in [0.1, 0.15) is 18.3 Å². The molecule has 3 aromatic carbocycles. The van der Waals surface area contributed by atoms with Crippen molar-refractivity contribution in [3.8, 4) is 5.75 Å². The number of nitrogens with zero attached hydrogens (tertiary/aromatic N) is 2. The summed E-state index contributed by atoms with van der Waals surface area (Å²) in [5, 5.41) is 3.14. The second-order valence-electron chi connectivity index (χ2n) is 10.9. The molecule has 3 aromatic rings. The van der Waals surface area contributed by atoms with Crippen LogP contribution >= 0.6 is 0 Å². The minimum atomic E-state index is -4.11. The number of hydrogen-bond donors (Lipinski definition) is 1. The maximum Gasteiger partial charge on any atom is 0.264 e. The Hall–Kier alpha value is -3.85. The van der Waals surface area contributed by atoms with E-state index in [0.717, 1.165) is 42.4 Å². The van der Waals surface area contributed by atoms with Crippen LogP contribution in [0.5, 0.6) is 5.75 Å². The third-order valence-electron chi connectivity index (χ3n) is 7.82. The first kappa shape index (κ1) is 31.1. The molecule has 0 saturated heterocycles. The maximum absolute atomic E-state index is 14.3. The van der Waals surface area contributed by atoms with Crippen LogP contribution in [0.1, 0.15) is 55.7 Å². The minimum absolute atomic E-state index is 0.0871. The van der Waals surface area contributed by atoms with Crippen LogP contribution in [0.3, 0.4) is 0 Å². The normalized spacial score (nSPS) is 14.3. The van der Waals surface area contributed by atoms with Gasteiger partial charge >= 0.3 is 0 Å². The largest absolute Gasteiger partial charge is 0.497 e. The first-order valence-electron chi connectivity index (χ1n) is 14.5. The molecule has 1 unspecified atom stereocenters. The standard InChI is InChI=1S/C33H41N3O5S/c1-5-30(33(38)34-27-13-9-10-14-27)35(22-26-12-11-15-28(21-26)41-4)32(37)23-36(31-20-24(2)18-19-25(31)3)42(39,40)29-16-7-6-8-17-29/h6-8,11-12,15-21,27,30H,5,9-10,13-14,22-23H2,1-4H3,(H,34,38). The van der Waals surface area contributed by atoms with Gasteiger partial charge in [0.15, 0.2) is 0 Å². The van der Waals surface area contributed by atoms with Crippen LogP contribution in [0.25, 0.3) is 0 Å². The van der Waals surface area contributed by atoms with E-state index in [0.29, 0.717) is 17.9 Å². The fourth-order valence-corrected chi connectivity index (χ4v) is 6.97. The molecule has 4 rings (SSSR count). The van der Waals surface area contributed by atoms with Crippen LogP contribution in [-0.4, -0.2) is 50.9 Å². The van der Waals surface area contributed by atoms with Gasteiger partial charge < -0.3 is 15.0 Å². The summed E-state index contributed by atoms with van der Waals surface area (Å²) in [5.41, 5.74) is 2.79. The molecule has 0 radical (unpaired) electrons. The molecule has 224 valence electrons. The van der Waals surface area contributed by atoms with Crippen LogP contribution in [0.15, 0.2) is 77.7 Å². The second-order valence-corrected chi connectivity index (χ2v) is 12.8. The Labute approximate surface area is 249 Å². The molecule has 8 nitrogen and oxygen atoms in total. The summed E-state index contributed by atoms with van der Waals surface area (Å²) in [6.45, 7) is 5.24. The lowest BCUT2D eigenvalue weighted by Gasteiger charge is -2.34. The molecule has 1 fully saturated rings. The number of benzene rings is 3. The highest BCUT2D eigenvalue weighted by Gasteiger charge is 2.35. The summed E-state index contributed by atoms with van der Waals surface area (Å²) in [5.74, 6) is -0.0523. The average molecular weight is 592 g/mol. The van der Waals surface area contributed by atoms with E-state index in [9.17, 15) is 18.0 Å². The van der Waals surface area contributed by atoms with Crippen molar-refractivity contribution in [1.29, 1.82) is 0 Å². The third kappa shape index (κ3) is 7.31. The lowest BCUT2D eigenvalue weighted by atomic mass is 10.1. The van der Waals surface area contributed by atoms with E-state index in [4.69, 9.17) is 4.74 Å². The Balaban J connectivity index is 1.74. The number of rotatable bonds is 12. The Kier molecular flexibility index (Phi) is 10.3. The summed E-state index contributed by atoms with van der Waals surface area (Å²) in [6.07, 6.45) is 4.35. The summed E-state index contributed by atoms with van der Waals surface area (Å²) >= 11 is 0. The van der Waals surface area contributed by atoms with Crippen molar-refractivity contribution < 1.29 is 22.7 Å². The van der Waals surface area contributed by atoms with E-state index in [-0.39, 0.29) is 23.4 Å². The van der Waals surface area contributed by atoms with Crippen molar-refractivity contribution in [3.05, 3.63) is 89.5 Å². The molecule has 1 saturated carbocycles. The minimum Gasteiger partial charge on any atom is -0.497 e. The lowest BCUT2D eigenvalue weighted by molar-refractivity contribution is -0.140. The second kappa shape index (κ2) is 13.9. The number of amides is 2. The Morgan fingerprint density at radius 1 is 0.976 bits per heavy atom. The molecule has 2 amide bonds. The van der Waals surface area contributed by atoms with E-state index in [2.05, 4.69) is 5.32 Å². The molecule has 1 aliphatic carbocycles. The maximum atomic E-state index is 14.3. The highest BCUT2D eigenvalue weighted by Crippen LogP contribution is 2.29. The van der Waals surface area contributed by atoms with Crippen LogP contribution in [0.4, 0.5) is 5.69 Å². The van der Waals surface area contributed by atoms with Crippen molar-refractivity contribution in [2.75, 3.05) is 18.0 Å². The molecule has 0 spiro atoms. The zero-order chi connectivity index (χ0) is 30.3. The highest BCUT2D eigenvalue weighted by atomic mass is 32.2. The van der Waals surface area contributed by atoms with Gasteiger partial charge in [-0.25, -0.2) is 8.42 Å². The molecular weight excluding hydrogens is 550 g/mol. The van der Waals surface area contributed by atoms with E-state index in [1.165, 1.54) is 21.3 Å². The molecule has 0 aliphatic heterocycles. The first-order chi connectivity index (χ1) is 20.1. The number of carbonyl (C=O) groups excluding carboxylic acids is 2. The number of nitrogens with one attached hydrogen (secondary N) is 1. The lowest BCUT2D eigenvalue weighted by Crippen LogP contribution is -2.53. The molecule has 1 aliphatic rings. The summed E-state index contributed by atoms with van der Waals surface area (Å²) in [7, 11) is -2.54. The van der Waals surface area contributed by atoms with E-state index in [1.807, 2.05) is 57.2 Å². The van der Waals surface area contributed by atoms with Gasteiger partial charge in [0.2, 0.25) is 11.8 Å². The van der Waals surface area contributed by atoms with Gasteiger partial charge in [-0.1, -0.05) is 62.2 Å². The molecule has 9 heteroatoms. The Morgan fingerprint density at radius 3 is 2.36 bits per heavy atom. The van der Waals surface area contributed by atoms with Crippen molar-refractivity contribution in [1.82, 2.24) is 10.2 Å². The van der Waals surface area contributed by atoms with Crippen LogP contribution < -0.4 is 14.4 Å². The molecule has 0 heterocycles. The van der Waals surface area contributed by atoms with E-state index >= 15 is 0 Å². The number of hydrogen-bond acceptors (Lipinski definition) is 5. The van der Waals surface area contributed by atoms with Gasteiger partial charge in [-0.05, 0) is 80.1 Å². The fraction of sp³-hybridized carbons (Fsp3) is 0.394. The summed E-state index contributed by atoms with van der Waals surface area (Å²) in [6, 6.07) is 20.3. The summed E-state index contributed by atoms with van der Waals surface area (Å²) < 4.78 is 34.7. The van der Waals surface area contributed by atoms with Crippen LogP contribution in [0.2, 0.25) is 0 Å². The number of ether oxygens (including phenoxy) is 1. The van der Waals surface area contributed by atoms with Crippen molar-refractivity contribution in [2.24, 2.45) is 0 Å². The zero-order valence-corrected chi connectivity index (χ0v) is 25.7. The van der Waals surface area contributed by atoms with E-state index < -0.39 is 28.5 Å². The van der Waals surface area contributed by atoms with Crippen LogP contribution in [0, 0.1) is 13.8 Å². The SMILES string of the molecule is CCC(C(=O)NC1CCCC1)N(Cc1cccc(OC)c1)C(=O)CN(c1cc(C)ccc1C)S(=O)(=O)c1ccccc1. The smallest absolute Gasteiger partial charge is 0.264 e. The fourth-order valence-electron chi connectivity index (χ4n) is 5.48. The Bertz CT molecular complexity index is 1490. The quantitative estimate of drug-likeness (QED) is 0.305. The molecule has 42 heavy (non-hydrogen) atoms. The number of aryl methyl sites for hydroxylation is 2. The van der Waals surface area contributed by atoms with Gasteiger partial charge in [0.05, 0.1) is 17.7 Å². The predicted molar refractivity (Wildman–Crippen MR) is 165 cm³/mol. The number of anilines is 1. The van der Waals surface area contributed by atoms with Gasteiger partial charge in [0, 0.05) is 12.6 Å². The Morgan fingerprint density at radius 2 is 1.69 bits per heavy atom. The molecule has 0 bridgehead atoms. The van der Waals surface area contributed by atoms with Gasteiger partial charge in [0.25, 0.3) is 10.0 Å². The monoisotopic (exact) mass is 591 g/mol. The highest BCUT2D eigenvalue weighted by molar-refractivity contribution is 7.92. The van der Waals surface area contributed by atoms with Gasteiger partial charge in [-0.2, -0.15) is 0 Å². The topological polar surface area (TPSA) is 96.0 Å². The van der Waals surface area contributed by atoms with E-state index in [1.54, 1.807) is 31.4 Å². The summed E-state index contributed by atoms with van der Waals surface area (Å²) in [4.78, 5) is 29.5. The number of methoxy groups -OCH3 is 1. The molecule has 1 atom stereocenters. The molecule has 1 N–H and O–H groups in total. The third-order valence-corrected chi connectivity index (χ3v) is 9.59. The van der Waals surface area contributed by atoms with Crippen molar-refractivity contribution in [3.63, 3.8) is 0 Å². The number of sulfonamides is 1. The molecule has 0 aromatic heterocycles. The van der Waals surface area contributed by atoms with Gasteiger partial charge in [-0.15, -0.1) is 0 Å².